The van der Waals surface area contributed by atoms with Gasteiger partial charge in [0.15, 0.2) is 5.78 Å². The second-order valence-corrected chi connectivity index (χ2v) is 7.98. The quantitative estimate of drug-likeness (QED) is 0.777. The highest BCUT2D eigenvalue weighted by molar-refractivity contribution is 6.01. The average Bonchev–Trinajstić information content (AvgIpc) is 2.92. The number of nitrogens with zero attached hydrogens (tertiary/aromatic N) is 2. The molecule has 1 aromatic rings. The Kier molecular flexibility index (Phi) is 3.48. The first-order chi connectivity index (χ1) is 11.4. The molecule has 4 heteroatoms. The van der Waals surface area contributed by atoms with Crippen molar-refractivity contribution in [2.24, 2.45) is 17.3 Å². The second kappa shape index (κ2) is 5.33. The normalized spacial score (nSPS) is 30.4. The molecule has 3 aliphatic rings. The molecule has 2 aliphatic carbocycles. The van der Waals surface area contributed by atoms with Crippen LogP contribution in [0.5, 0.6) is 0 Å². The van der Waals surface area contributed by atoms with Crippen LogP contribution in [0.3, 0.4) is 0 Å². The van der Waals surface area contributed by atoms with Crippen molar-refractivity contribution >= 4 is 11.5 Å². The van der Waals surface area contributed by atoms with Crippen LogP contribution in [0.2, 0.25) is 0 Å². The standard InChI is InChI=1S/C20H25FN2O/c1-13(18-17(24)12-16-19(18)20(16,2)3)22-8-10-23(11-9-22)15-6-4-14(21)5-7-15/h4-7,16,19H,8-12H2,1-3H3/b18-13-/t16-,19+/m1/s1. The van der Waals surface area contributed by atoms with E-state index in [0.29, 0.717) is 23.0 Å². The molecule has 0 aromatic heterocycles. The predicted octanol–water partition coefficient (Wildman–Crippen LogP) is 3.47. The van der Waals surface area contributed by atoms with Crippen molar-refractivity contribution in [1.82, 2.24) is 4.90 Å². The van der Waals surface area contributed by atoms with Gasteiger partial charge < -0.3 is 9.80 Å². The summed E-state index contributed by atoms with van der Waals surface area (Å²) >= 11 is 0. The van der Waals surface area contributed by atoms with Gasteiger partial charge in [0.25, 0.3) is 0 Å². The van der Waals surface area contributed by atoms with Gasteiger partial charge in [-0.25, -0.2) is 4.39 Å². The van der Waals surface area contributed by atoms with Crippen LogP contribution in [0.25, 0.3) is 0 Å². The van der Waals surface area contributed by atoms with E-state index in [0.717, 1.165) is 43.9 Å². The summed E-state index contributed by atoms with van der Waals surface area (Å²) < 4.78 is 13.1. The minimum absolute atomic E-state index is 0.195. The van der Waals surface area contributed by atoms with Gasteiger partial charge >= 0.3 is 0 Å². The molecule has 0 bridgehead atoms. The number of ketones is 1. The highest BCUT2D eigenvalue weighted by Gasteiger charge is 2.65. The first-order valence-electron chi connectivity index (χ1n) is 8.89. The van der Waals surface area contributed by atoms with E-state index in [9.17, 15) is 9.18 Å². The van der Waals surface area contributed by atoms with E-state index < -0.39 is 0 Å². The largest absolute Gasteiger partial charge is 0.371 e. The van der Waals surface area contributed by atoms with Crippen LogP contribution < -0.4 is 4.90 Å². The zero-order valence-corrected chi connectivity index (χ0v) is 14.7. The number of anilines is 1. The lowest BCUT2D eigenvalue weighted by molar-refractivity contribution is -0.115. The van der Waals surface area contributed by atoms with Crippen LogP contribution in [0.4, 0.5) is 10.1 Å². The Morgan fingerprint density at radius 2 is 1.75 bits per heavy atom. The molecule has 2 saturated carbocycles. The van der Waals surface area contributed by atoms with Gasteiger partial charge in [0, 0.05) is 49.6 Å². The molecule has 0 radical (unpaired) electrons. The lowest BCUT2D eigenvalue weighted by Crippen LogP contribution is -2.46. The van der Waals surface area contributed by atoms with Gasteiger partial charge in [-0.1, -0.05) is 13.8 Å². The Bertz CT molecular complexity index is 699. The monoisotopic (exact) mass is 328 g/mol. The summed E-state index contributed by atoms with van der Waals surface area (Å²) in [6, 6.07) is 6.71. The van der Waals surface area contributed by atoms with Gasteiger partial charge in [0.05, 0.1) is 0 Å². The van der Waals surface area contributed by atoms with E-state index >= 15 is 0 Å². The maximum absolute atomic E-state index is 13.1. The molecule has 128 valence electrons. The third-order valence-corrected chi connectivity index (χ3v) is 6.40. The topological polar surface area (TPSA) is 23.6 Å². The zero-order valence-electron chi connectivity index (χ0n) is 14.7. The summed E-state index contributed by atoms with van der Waals surface area (Å²) in [5, 5.41) is 0. The predicted molar refractivity (Wildman–Crippen MR) is 93.3 cm³/mol. The summed E-state index contributed by atoms with van der Waals surface area (Å²) in [6.45, 7) is 10.3. The van der Waals surface area contributed by atoms with Crippen molar-refractivity contribution in [2.45, 2.75) is 27.2 Å². The first-order valence-corrected chi connectivity index (χ1v) is 8.89. The summed E-state index contributed by atoms with van der Waals surface area (Å²) in [4.78, 5) is 17.0. The van der Waals surface area contributed by atoms with Crippen LogP contribution in [0, 0.1) is 23.1 Å². The molecule has 0 N–H and O–H groups in total. The maximum atomic E-state index is 13.1. The first kappa shape index (κ1) is 15.7. The summed E-state index contributed by atoms with van der Waals surface area (Å²) in [5.41, 5.74) is 3.67. The van der Waals surface area contributed by atoms with Crippen LogP contribution >= 0.6 is 0 Å². The van der Waals surface area contributed by atoms with Crippen LogP contribution in [0.15, 0.2) is 35.5 Å². The molecule has 4 rings (SSSR count). The van der Waals surface area contributed by atoms with Crippen molar-refractivity contribution < 1.29 is 9.18 Å². The van der Waals surface area contributed by atoms with E-state index in [4.69, 9.17) is 0 Å². The average molecular weight is 328 g/mol. The Hall–Kier alpha value is -1.84. The SMILES string of the molecule is C/C(=C1\C(=O)C[C@@H]2[C@@H]1C2(C)C)N1CCN(c2ccc(F)cc2)CC1. The van der Waals surface area contributed by atoms with Crippen LogP contribution in [0.1, 0.15) is 27.2 Å². The lowest BCUT2D eigenvalue weighted by atomic mass is 9.95. The maximum Gasteiger partial charge on any atom is 0.161 e. The summed E-state index contributed by atoms with van der Waals surface area (Å²) in [7, 11) is 0. The Morgan fingerprint density at radius 3 is 2.33 bits per heavy atom. The smallest absolute Gasteiger partial charge is 0.161 e. The van der Waals surface area contributed by atoms with Gasteiger partial charge in [-0.2, -0.15) is 0 Å². The number of hydrogen-bond acceptors (Lipinski definition) is 3. The molecule has 1 heterocycles. The van der Waals surface area contributed by atoms with Crippen molar-refractivity contribution in [3.05, 3.63) is 41.4 Å². The molecular formula is C20H25FN2O. The van der Waals surface area contributed by atoms with Gasteiger partial charge in [-0.05, 0) is 48.4 Å². The van der Waals surface area contributed by atoms with Crippen LogP contribution in [-0.4, -0.2) is 36.9 Å². The van der Waals surface area contributed by atoms with E-state index in [1.165, 1.54) is 17.8 Å². The zero-order chi connectivity index (χ0) is 17.1. The fourth-order valence-electron chi connectivity index (χ4n) is 4.73. The number of piperazine rings is 1. The van der Waals surface area contributed by atoms with E-state index in [1.54, 1.807) is 0 Å². The van der Waals surface area contributed by atoms with Gasteiger partial charge in [-0.3, -0.25) is 4.79 Å². The van der Waals surface area contributed by atoms with Crippen molar-refractivity contribution in [3.63, 3.8) is 0 Å². The number of halogens is 1. The number of benzene rings is 1. The number of hydrogen-bond donors (Lipinski definition) is 0. The molecule has 24 heavy (non-hydrogen) atoms. The number of Topliss-reactive ketones (excluding diaryl/α,β-unsaturated/α-hetero) is 1. The molecule has 0 spiro atoms. The van der Waals surface area contributed by atoms with E-state index in [-0.39, 0.29) is 5.82 Å². The molecule has 1 aliphatic heterocycles. The van der Waals surface area contributed by atoms with Gasteiger partial charge in [0.2, 0.25) is 0 Å². The molecule has 3 fully saturated rings. The minimum atomic E-state index is -0.195. The molecule has 0 unspecified atom stereocenters. The molecular weight excluding hydrogens is 303 g/mol. The fourth-order valence-corrected chi connectivity index (χ4v) is 4.73. The number of fused-ring (bicyclic) bond motifs is 1. The van der Waals surface area contributed by atoms with Gasteiger partial charge in [-0.15, -0.1) is 0 Å². The highest BCUT2D eigenvalue weighted by Crippen LogP contribution is 2.68. The number of carbonyl (C=O) groups excluding carboxylic acids is 1. The van der Waals surface area contributed by atoms with Crippen molar-refractivity contribution in [1.29, 1.82) is 0 Å². The van der Waals surface area contributed by atoms with Crippen LogP contribution in [-0.2, 0) is 4.79 Å². The highest BCUT2D eigenvalue weighted by atomic mass is 19.1. The second-order valence-electron chi connectivity index (χ2n) is 7.98. The molecule has 0 amide bonds. The van der Waals surface area contributed by atoms with Crippen molar-refractivity contribution in [2.75, 3.05) is 31.1 Å². The number of allylic oxidation sites excluding steroid dienone is 2. The molecule has 2 atom stereocenters. The van der Waals surface area contributed by atoms with E-state index in [2.05, 4.69) is 30.6 Å². The van der Waals surface area contributed by atoms with Gasteiger partial charge in [0.1, 0.15) is 5.82 Å². The lowest BCUT2D eigenvalue weighted by Gasteiger charge is -2.38. The summed E-state index contributed by atoms with van der Waals surface area (Å²) in [5.74, 6) is 1.21. The molecule has 3 nitrogen and oxygen atoms in total. The number of rotatable bonds is 2. The number of carbonyl (C=O) groups is 1. The summed E-state index contributed by atoms with van der Waals surface area (Å²) in [6.07, 6.45) is 0.736. The Balaban J connectivity index is 1.47. The third kappa shape index (κ3) is 2.35. The Morgan fingerprint density at radius 1 is 1.12 bits per heavy atom. The Labute approximate surface area is 143 Å². The molecule has 1 saturated heterocycles. The minimum Gasteiger partial charge on any atom is -0.371 e. The fraction of sp³-hybridized carbons (Fsp3) is 0.550. The van der Waals surface area contributed by atoms with E-state index in [1.807, 2.05) is 12.1 Å². The third-order valence-electron chi connectivity index (χ3n) is 6.40. The van der Waals surface area contributed by atoms with Crippen molar-refractivity contribution in [3.8, 4) is 0 Å². The molecule has 1 aromatic carbocycles.